The Kier molecular flexibility index (Phi) is 4.56. The van der Waals surface area contributed by atoms with Crippen LogP contribution in [-0.2, 0) is 9.53 Å². The Bertz CT molecular complexity index is 798. The van der Waals surface area contributed by atoms with Crippen LogP contribution in [0.25, 0.3) is 6.08 Å². The van der Waals surface area contributed by atoms with Crippen molar-refractivity contribution < 1.29 is 23.8 Å². The minimum absolute atomic E-state index is 0.195. The molecule has 3 rings (SSSR count). The molecule has 0 aliphatic carbocycles. The predicted molar refractivity (Wildman–Crippen MR) is 85.7 cm³/mol. The fraction of sp³-hybridized carbons (Fsp3) is 0.167. The molecule has 0 saturated carbocycles. The molecule has 0 bridgehead atoms. The number of rotatable bonds is 5. The summed E-state index contributed by atoms with van der Waals surface area (Å²) in [6, 6.07) is 8.42. The van der Waals surface area contributed by atoms with E-state index in [1.165, 1.54) is 0 Å². The average molecular weight is 325 g/mol. The molecule has 0 unspecified atom stereocenters. The fourth-order valence-corrected chi connectivity index (χ4v) is 2.21. The average Bonchev–Trinajstić information content (AvgIpc) is 2.90. The molecule has 0 fully saturated rings. The molecule has 24 heavy (non-hydrogen) atoms. The van der Waals surface area contributed by atoms with Crippen molar-refractivity contribution in [3.05, 3.63) is 59.6 Å². The van der Waals surface area contributed by atoms with Gasteiger partial charge in [0, 0.05) is 18.5 Å². The highest BCUT2D eigenvalue weighted by Gasteiger charge is 2.27. The molecule has 0 amide bonds. The maximum absolute atomic E-state index is 12.3. The van der Waals surface area contributed by atoms with Gasteiger partial charge in [0.2, 0.25) is 5.78 Å². The SMILES string of the molecule is CCOC(=O)COc1ccc2c(c1)O/C(=C\c1cccnc1)C2=O. The molecule has 2 heterocycles. The number of benzene rings is 1. The van der Waals surface area contributed by atoms with Crippen molar-refractivity contribution in [3.63, 3.8) is 0 Å². The minimum Gasteiger partial charge on any atom is -0.482 e. The van der Waals surface area contributed by atoms with Gasteiger partial charge < -0.3 is 14.2 Å². The van der Waals surface area contributed by atoms with E-state index >= 15 is 0 Å². The van der Waals surface area contributed by atoms with Gasteiger partial charge in [-0.15, -0.1) is 0 Å². The van der Waals surface area contributed by atoms with Crippen LogP contribution in [0.4, 0.5) is 0 Å². The lowest BCUT2D eigenvalue weighted by molar-refractivity contribution is -0.145. The van der Waals surface area contributed by atoms with Gasteiger partial charge >= 0.3 is 5.97 Å². The number of ketones is 1. The molecule has 0 saturated heterocycles. The van der Waals surface area contributed by atoms with Gasteiger partial charge in [0.25, 0.3) is 0 Å². The number of allylic oxidation sites excluding steroid dienone is 1. The molecule has 1 aliphatic rings. The molecule has 0 radical (unpaired) electrons. The lowest BCUT2D eigenvalue weighted by Gasteiger charge is -2.06. The molecule has 1 aromatic heterocycles. The van der Waals surface area contributed by atoms with Crippen LogP contribution in [0.2, 0.25) is 0 Å². The molecule has 1 aromatic carbocycles. The van der Waals surface area contributed by atoms with E-state index in [4.69, 9.17) is 14.2 Å². The Hall–Kier alpha value is -3.15. The van der Waals surface area contributed by atoms with Crippen molar-refractivity contribution in [2.45, 2.75) is 6.92 Å². The summed E-state index contributed by atoms with van der Waals surface area (Å²) < 4.78 is 15.7. The van der Waals surface area contributed by atoms with Gasteiger partial charge in [-0.05, 0) is 36.8 Å². The van der Waals surface area contributed by atoms with Crippen LogP contribution in [0, 0.1) is 0 Å². The van der Waals surface area contributed by atoms with Gasteiger partial charge in [-0.2, -0.15) is 0 Å². The number of fused-ring (bicyclic) bond motifs is 1. The zero-order valence-corrected chi connectivity index (χ0v) is 13.0. The fourth-order valence-electron chi connectivity index (χ4n) is 2.21. The summed E-state index contributed by atoms with van der Waals surface area (Å²) in [5.74, 6) is 0.396. The maximum Gasteiger partial charge on any atom is 0.344 e. The summed E-state index contributed by atoms with van der Waals surface area (Å²) in [7, 11) is 0. The predicted octanol–water partition coefficient (Wildman–Crippen LogP) is 2.64. The van der Waals surface area contributed by atoms with Crippen molar-refractivity contribution in [3.8, 4) is 11.5 Å². The second-order valence-electron chi connectivity index (χ2n) is 4.98. The van der Waals surface area contributed by atoms with Gasteiger partial charge in [-0.1, -0.05) is 6.07 Å². The number of carbonyl (C=O) groups is 2. The van der Waals surface area contributed by atoms with E-state index in [0.29, 0.717) is 23.7 Å². The zero-order valence-electron chi connectivity index (χ0n) is 13.0. The number of aromatic nitrogens is 1. The van der Waals surface area contributed by atoms with Crippen LogP contribution in [0.3, 0.4) is 0 Å². The first-order valence-corrected chi connectivity index (χ1v) is 7.44. The summed E-state index contributed by atoms with van der Waals surface area (Å²) >= 11 is 0. The van der Waals surface area contributed by atoms with Gasteiger partial charge in [0.05, 0.1) is 12.2 Å². The van der Waals surface area contributed by atoms with E-state index in [2.05, 4.69) is 4.98 Å². The van der Waals surface area contributed by atoms with Crippen LogP contribution in [-0.4, -0.2) is 30.0 Å². The zero-order chi connectivity index (χ0) is 16.9. The molecule has 0 spiro atoms. The van der Waals surface area contributed by atoms with E-state index in [9.17, 15) is 9.59 Å². The maximum atomic E-state index is 12.3. The van der Waals surface area contributed by atoms with Gasteiger partial charge in [-0.3, -0.25) is 9.78 Å². The van der Waals surface area contributed by atoms with E-state index in [1.807, 2.05) is 6.07 Å². The van der Waals surface area contributed by atoms with E-state index in [-0.39, 0.29) is 18.1 Å². The third kappa shape index (κ3) is 3.43. The van der Waals surface area contributed by atoms with E-state index < -0.39 is 5.97 Å². The summed E-state index contributed by atoms with van der Waals surface area (Å²) in [6.07, 6.45) is 4.93. The van der Waals surface area contributed by atoms with Crippen molar-refractivity contribution in [1.82, 2.24) is 4.98 Å². The molecular formula is C18H15NO5. The molecule has 1 aliphatic heterocycles. The Morgan fingerprint density at radius 3 is 2.96 bits per heavy atom. The van der Waals surface area contributed by atoms with Crippen molar-refractivity contribution in [1.29, 1.82) is 0 Å². The molecule has 6 heteroatoms. The van der Waals surface area contributed by atoms with Gasteiger partial charge in [-0.25, -0.2) is 4.79 Å². The Morgan fingerprint density at radius 2 is 2.21 bits per heavy atom. The highest BCUT2D eigenvalue weighted by atomic mass is 16.6. The molecule has 6 nitrogen and oxygen atoms in total. The van der Waals surface area contributed by atoms with Gasteiger partial charge in [0.15, 0.2) is 12.4 Å². The Morgan fingerprint density at radius 1 is 1.33 bits per heavy atom. The normalized spacial score (nSPS) is 14.2. The van der Waals surface area contributed by atoms with Crippen molar-refractivity contribution in [2.75, 3.05) is 13.2 Å². The first-order valence-electron chi connectivity index (χ1n) is 7.44. The number of Topliss-reactive ketones (excluding diaryl/α,β-unsaturated/α-hetero) is 1. The van der Waals surface area contributed by atoms with Crippen LogP contribution in [0.1, 0.15) is 22.8 Å². The van der Waals surface area contributed by atoms with Crippen molar-refractivity contribution in [2.24, 2.45) is 0 Å². The number of carbonyl (C=O) groups excluding carboxylic acids is 2. The third-order valence-electron chi connectivity index (χ3n) is 3.29. The summed E-state index contributed by atoms with van der Waals surface area (Å²) in [5, 5.41) is 0. The highest BCUT2D eigenvalue weighted by Crippen LogP contribution is 2.34. The molecular weight excluding hydrogens is 310 g/mol. The number of nitrogens with zero attached hydrogens (tertiary/aromatic N) is 1. The van der Waals surface area contributed by atoms with Crippen LogP contribution in [0.5, 0.6) is 11.5 Å². The van der Waals surface area contributed by atoms with Crippen LogP contribution in [0.15, 0.2) is 48.5 Å². The lowest BCUT2D eigenvalue weighted by Crippen LogP contribution is -2.14. The lowest BCUT2D eigenvalue weighted by atomic mass is 10.1. The second kappa shape index (κ2) is 6.95. The molecule has 2 aromatic rings. The van der Waals surface area contributed by atoms with E-state index in [0.717, 1.165) is 5.56 Å². The Labute approximate surface area is 138 Å². The summed E-state index contributed by atoms with van der Waals surface area (Å²) in [4.78, 5) is 27.6. The van der Waals surface area contributed by atoms with Gasteiger partial charge in [0.1, 0.15) is 11.5 Å². The van der Waals surface area contributed by atoms with E-state index in [1.54, 1.807) is 49.7 Å². The minimum atomic E-state index is -0.452. The number of pyridine rings is 1. The summed E-state index contributed by atoms with van der Waals surface area (Å²) in [5.41, 5.74) is 1.22. The summed E-state index contributed by atoms with van der Waals surface area (Å²) in [6.45, 7) is 1.83. The number of ether oxygens (including phenoxy) is 3. The quantitative estimate of drug-likeness (QED) is 0.621. The molecule has 0 N–H and O–H groups in total. The third-order valence-corrected chi connectivity index (χ3v) is 3.29. The standard InChI is InChI=1S/C18H15NO5/c1-2-22-17(20)11-23-13-5-6-14-15(9-13)24-16(18(14)21)8-12-4-3-7-19-10-12/h3-10H,2,11H2,1H3/b16-8-. The Balaban J connectivity index is 1.74. The molecule has 0 atom stereocenters. The van der Waals surface area contributed by atoms with Crippen molar-refractivity contribution >= 4 is 17.8 Å². The number of hydrogen-bond donors (Lipinski definition) is 0. The highest BCUT2D eigenvalue weighted by molar-refractivity contribution is 6.14. The van der Waals surface area contributed by atoms with Crippen LogP contribution >= 0.6 is 0 Å². The number of esters is 1. The monoisotopic (exact) mass is 325 g/mol. The molecule has 122 valence electrons. The first-order chi connectivity index (χ1) is 11.7. The van der Waals surface area contributed by atoms with Crippen LogP contribution < -0.4 is 9.47 Å². The second-order valence-corrected chi connectivity index (χ2v) is 4.98. The number of hydrogen-bond acceptors (Lipinski definition) is 6. The first kappa shape index (κ1) is 15.7. The topological polar surface area (TPSA) is 74.7 Å². The largest absolute Gasteiger partial charge is 0.482 e. The smallest absolute Gasteiger partial charge is 0.344 e.